The number of aromatic hydroxyl groups is 1. The minimum Gasteiger partial charge on any atom is -0.508 e. The zero-order valence-corrected chi connectivity index (χ0v) is 11.7. The smallest absolute Gasteiger partial charge is 0.115 e. The van der Waals surface area contributed by atoms with Gasteiger partial charge in [-0.1, -0.05) is 25.0 Å². The lowest BCUT2D eigenvalue weighted by molar-refractivity contribution is -0.199. The van der Waals surface area contributed by atoms with Gasteiger partial charge in [0.25, 0.3) is 0 Å². The third-order valence-corrected chi connectivity index (χ3v) is 4.74. The van der Waals surface area contributed by atoms with Crippen molar-refractivity contribution in [3.8, 4) is 5.75 Å². The Bertz CT molecular complexity index is 462. The van der Waals surface area contributed by atoms with Gasteiger partial charge in [0.2, 0.25) is 0 Å². The van der Waals surface area contributed by atoms with E-state index in [1.807, 2.05) is 12.1 Å². The molecule has 0 bridgehead atoms. The van der Waals surface area contributed by atoms with E-state index in [0.717, 1.165) is 12.0 Å². The van der Waals surface area contributed by atoms with Crippen LogP contribution in [0.25, 0.3) is 0 Å². The number of ether oxygens (including phenoxy) is 1. The molecule has 2 N–H and O–H groups in total. The zero-order valence-electron chi connectivity index (χ0n) is 11.7. The van der Waals surface area contributed by atoms with Crippen LogP contribution in [-0.4, -0.2) is 17.4 Å². The highest BCUT2D eigenvalue weighted by Gasteiger charge is 2.49. The Labute approximate surface area is 115 Å². The summed E-state index contributed by atoms with van der Waals surface area (Å²) < 4.78 is 6.37. The SMILES string of the molecule is CC1NC(C)C2CCCCC2(c2cccc(O)c2)O1. The molecule has 0 spiro atoms. The summed E-state index contributed by atoms with van der Waals surface area (Å²) >= 11 is 0. The van der Waals surface area contributed by atoms with Gasteiger partial charge in [0.1, 0.15) is 12.0 Å². The van der Waals surface area contributed by atoms with Crippen molar-refractivity contribution in [1.82, 2.24) is 5.32 Å². The summed E-state index contributed by atoms with van der Waals surface area (Å²) in [6.45, 7) is 4.33. The van der Waals surface area contributed by atoms with E-state index in [4.69, 9.17) is 4.74 Å². The van der Waals surface area contributed by atoms with Crippen LogP contribution in [-0.2, 0) is 10.3 Å². The van der Waals surface area contributed by atoms with Crippen molar-refractivity contribution in [2.75, 3.05) is 0 Å². The van der Waals surface area contributed by atoms with E-state index >= 15 is 0 Å². The zero-order chi connectivity index (χ0) is 13.5. The van der Waals surface area contributed by atoms with Crippen molar-refractivity contribution in [2.24, 2.45) is 5.92 Å². The lowest BCUT2D eigenvalue weighted by Gasteiger charge is -2.52. The van der Waals surface area contributed by atoms with Crippen molar-refractivity contribution >= 4 is 0 Å². The predicted octanol–water partition coefficient (Wildman–Crippen LogP) is 3.13. The van der Waals surface area contributed by atoms with Gasteiger partial charge in [-0.3, -0.25) is 5.32 Å². The van der Waals surface area contributed by atoms with Gasteiger partial charge in [0, 0.05) is 12.0 Å². The molecule has 104 valence electrons. The molecule has 0 amide bonds. The maximum absolute atomic E-state index is 9.79. The molecular formula is C16H23NO2. The number of phenolic OH excluding ortho intramolecular Hbond substituents is 1. The van der Waals surface area contributed by atoms with Crippen molar-refractivity contribution in [2.45, 2.75) is 57.4 Å². The lowest BCUT2D eigenvalue weighted by atomic mass is 9.67. The highest BCUT2D eigenvalue weighted by atomic mass is 16.5. The van der Waals surface area contributed by atoms with E-state index in [1.165, 1.54) is 19.3 Å². The van der Waals surface area contributed by atoms with Gasteiger partial charge >= 0.3 is 0 Å². The molecule has 1 heterocycles. The lowest BCUT2D eigenvalue weighted by Crippen LogP contribution is -2.59. The molecule has 2 aliphatic rings. The number of hydrogen-bond donors (Lipinski definition) is 2. The van der Waals surface area contributed by atoms with Crippen LogP contribution in [0, 0.1) is 5.92 Å². The fraction of sp³-hybridized carbons (Fsp3) is 0.625. The van der Waals surface area contributed by atoms with Gasteiger partial charge in [-0.05, 0) is 44.4 Å². The molecule has 4 unspecified atom stereocenters. The molecule has 1 aliphatic carbocycles. The largest absolute Gasteiger partial charge is 0.508 e. The van der Waals surface area contributed by atoms with Crippen LogP contribution in [0.1, 0.15) is 45.1 Å². The molecule has 3 nitrogen and oxygen atoms in total. The predicted molar refractivity (Wildman–Crippen MR) is 74.9 cm³/mol. The van der Waals surface area contributed by atoms with E-state index in [9.17, 15) is 5.11 Å². The van der Waals surface area contributed by atoms with Gasteiger partial charge in [0.15, 0.2) is 0 Å². The van der Waals surface area contributed by atoms with E-state index in [2.05, 4.69) is 25.2 Å². The average Bonchev–Trinajstić information content (AvgIpc) is 2.38. The summed E-state index contributed by atoms with van der Waals surface area (Å²) in [5, 5.41) is 13.3. The van der Waals surface area contributed by atoms with Crippen molar-refractivity contribution in [3.05, 3.63) is 29.8 Å². The molecule has 3 heteroatoms. The normalized spacial score (nSPS) is 38.7. The van der Waals surface area contributed by atoms with E-state index in [-0.39, 0.29) is 11.8 Å². The number of phenols is 1. The molecule has 1 aliphatic heterocycles. The topological polar surface area (TPSA) is 41.5 Å². The van der Waals surface area contributed by atoms with Crippen LogP contribution in [0.15, 0.2) is 24.3 Å². The summed E-state index contributed by atoms with van der Waals surface area (Å²) in [5.74, 6) is 0.817. The van der Waals surface area contributed by atoms with E-state index in [1.54, 1.807) is 6.07 Å². The van der Waals surface area contributed by atoms with Gasteiger partial charge < -0.3 is 9.84 Å². The number of hydrogen-bond acceptors (Lipinski definition) is 3. The fourth-order valence-corrected chi connectivity index (χ4v) is 4.00. The van der Waals surface area contributed by atoms with Crippen molar-refractivity contribution in [3.63, 3.8) is 0 Å². The van der Waals surface area contributed by atoms with Crippen LogP contribution < -0.4 is 5.32 Å². The number of benzene rings is 1. The van der Waals surface area contributed by atoms with Gasteiger partial charge in [-0.2, -0.15) is 0 Å². The van der Waals surface area contributed by atoms with Crippen molar-refractivity contribution < 1.29 is 9.84 Å². The first kappa shape index (κ1) is 12.9. The first-order chi connectivity index (χ1) is 9.12. The Morgan fingerprint density at radius 2 is 2.16 bits per heavy atom. The van der Waals surface area contributed by atoms with Gasteiger partial charge in [-0.25, -0.2) is 0 Å². The summed E-state index contributed by atoms with van der Waals surface area (Å²) in [6, 6.07) is 8.08. The Balaban J connectivity index is 2.05. The number of nitrogens with one attached hydrogen (secondary N) is 1. The molecule has 1 saturated carbocycles. The van der Waals surface area contributed by atoms with Gasteiger partial charge in [-0.15, -0.1) is 0 Å². The standard InChI is InChI=1S/C16H23NO2/c1-11-15-8-3-4-9-16(15,19-12(2)17-11)13-6-5-7-14(18)10-13/h5-7,10-12,15,17-18H,3-4,8-9H2,1-2H3. The Kier molecular flexibility index (Phi) is 3.27. The average molecular weight is 261 g/mol. The Morgan fingerprint density at radius 1 is 1.32 bits per heavy atom. The molecule has 1 aromatic carbocycles. The van der Waals surface area contributed by atoms with Crippen molar-refractivity contribution in [1.29, 1.82) is 0 Å². The maximum atomic E-state index is 9.79. The fourth-order valence-electron chi connectivity index (χ4n) is 4.00. The third kappa shape index (κ3) is 2.15. The monoisotopic (exact) mass is 261 g/mol. The molecule has 0 aromatic heterocycles. The second kappa shape index (κ2) is 4.80. The minimum absolute atomic E-state index is 0.0618. The molecule has 0 radical (unpaired) electrons. The van der Waals surface area contributed by atoms with Crippen LogP contribution in [0.2, 0.25) is 0 Å². The quantitative estimate of drug-likeness (QED) is 0.816. The molecule has 3 rings (SSSR count). The summed E-state index contributed by atoms with van der Waals surface area (Å²) in [4.78, 5) is 0. The number of rotatable bonds is 1. The number of fused-ring (bicyclic) bond motifs is 1. The van der Waals surface area contributed by atoms with Gasteiger partial charge in [0.05, 0.1) is 5.60 Å². The molecule has 19 heavy (non-hydrogen) atoms. The van der Waals surface area contributed by atoms with Crippen LogP contribution in [0.3, 0.4) is 0 Å². The third-order valence-electron chi connectivity index (χ3n) is 4.74. The highest BCUT2D eigenvalue weighted by molar-refractivity contribution is 5.33. The highest BCUT2D eigenvalue weighted by Crippen LogP contribution is 2.49. The van der Waals surface area contributed by atoms with E-state index in [0.29, 0.717) is 17.7 Å². The molecular weight excluding hydrogens is 238 g/mol. The van der Waals surface area contributed by atoms with Crippen LogP contribution in [0.4, 0.5) is 0 Å². The van der Waals surface area contributed by atoms with Crippen LogP contribution >= 0.6 is 0 Å². The van der Waals surface area contributed by atoms with Crippen LogP contribution in [0.5, 0.6) is 5.75 Å². The first-order valence-corrected chi connectivity index (χ1v) is 7.35. The summed E-state index contributed by atoms with van der Waals surface area (Å²) in [6.07, 6.45) is 4.78. The molecule has 4 atom stereocenters. The second-order valence-corrected chi connectivity index (χ2v) is 6.01. The second-order valence-electron chi connectivity index (χ2n) is 6.01. The molecule has 2 fully saturated rings. The summed E-state index contributed by atoms with van der Waals surface area (Å²) in [7, 11) is 0. The molecule has 1 aromatic rings. The minimum atomic E-state index is -0.221. The van der Waals surface area contributed by atoms with E-state index < -0.39 is 0 Å². The Hall–Kier alpha value is -1.06. The summed E-state index contributed by atoms with van der Waals surface area (Å²) in [5.41, 5.74) is 0.915. The Morgan fingerprint density at radius 3 is 2.95 bits per heavy atom. The first-order valence-electron chi connectivity index (χ1n) is 7.35. The maximum Gasteiger partial charge on any atom is 0.115 e. The molecule has 1 saturated heterocycles.